The number of hydrogen-bond acceptors (Lipinski definition) is 5. The molecule has 2 amide bonds. The molecule has 0 aromatic carbocycles. The topological polar surface area (TPSA) is 84.4 Å². The first-order valence-electron chi connectivity index (χ1n) is 8.07. The van der Waals surface area contributed by atoms with Crippen molar-refractivity contribution in [2.45, 2.75) is 5.92 Å². The SMILES string of the molecule is COCC(=O)N1CC(C(=O)Nc2ccccn2)[C@H](c2cccnc2)C1. The van der Waals surface area contributed by atoms with E-state index in [0.717, 1.165) is 5.56 Å². The maximum atomic E-state index is 12.8. The number of aromatic nitrogens is 2. The number of pyridine rings is 2. The number of rotatable bonds is 5. The summed E-state index contributed by atoms with van der Waals surface area (Å²) in [4.78, 5) is 34.9. The lowest BCUT2D eigenvalue weighted by atomic mass is 9.89. The molecule has 25 heavy (non-hydrogen) atoms. The first-order chi connectivity index (χ1) is 12.2. The number of anilines is 1. The zero-order chi connectivity index (χ0) is 17.6. The Bertz CT molecular complexity index is 724. The molecule has 0 saturated carbocycles. The van der Waals surface area contributed by atoms with Crippen molar-refractivity contribution in [1.29, 1.82) is 0 Å². The van der Waals surface area contributed by atoms with Crippen LogP contribution in [0.2, 0.25) is 0 Å². The van der Waals surface area contributed by atoms with Gasteiger partial charge in [-0.3, -0.25) is 14.6 Å². The fourth-order valence-corrected chi connectivity index (χ4v) is 3.08. The molecule has 130 valence electrons. The van der Waals surface area contributed by atoms with Crippen molar-refractivity contribution in [3.63, 3.8) is 0 Å². The predicted molar refractivity (Wildman–Crippen MR) is 91.8 cm³/mol. The molecule has 1 saturated heterocycles. The molecule has 7 nitrogen and oxygen atoms in total. The van der Waals surface area contributed by atoms with Gasteiger partial charge in [-0.2, -0.15) is 0 Å². The molecule has 0 spiro atoms. The number of nitrogens with zero attached hydrogens (tertiary/aromatic N) is 3. The lowest BCUT2D eigenvalue weighted by Gasteiger charge is -2.17. The molecule has 2 aromatic heterocycles. The van der Waals surface area contributed by atoms with Gasteiger partial charge in [-0.1, -0.05) is 12.1 Å². The average Bonchev–Trinajstić information content (AvgIpc) is 3.09. The monoisotopic (exact) mass is 340 g/mol. The number of nitrogens with one attached hydrogen (secondary N) is 1. The van der Waals surface area contributed by atoms with Crippen molar-refractivity contribution in [3.8, 4) is 0 Å². The van der Waals surface area contributed by atoms with Gasteiger partial charge in [0.1, 0.15) is 12.4 Å². The summed E-state index contributed by atoms with van der Waals surface area (Å²) in [5.41, 5.74) is 0.941. The van der Waals surface area contributed by atoms with Crippen molar-refractivity contribution in [3.05, 3.63) is 54.5 Å². The second kappa shape index (κ2) is 7.85. The molecule has 3 heterocycles. The van der Waals surface area contributed by atoms with Crippen LogP contribution in [0.1, 0.15) is 11.5 Å². The Kier molecular flexibility index (Phi) is 5.35. The molecule has 1 fully saturated rings. The summed E-state index contributed by atoms with van der Waals surface area (Å²) < 4.78 is 4.93. The van der Waals surface area contributed by atoms with Crippen LogP contribution in [-0.4, -0.2) is 53.5 Å². The summed E-state index contributed by atoms with van der Waals surface area (Å²) in [6.45, 7) is 0.822. The Morgan fingerprint density at radius 3 is 2.80 bits per heavy atom. The van der Waals surface area contributed by atoms with Crippen molar-refractivity contribution in [2.24, 2.45) is 5.92 Å². The van der Waals surface area contributed by atoms with Crippen LogP contribution in [-0.2, 0) is 14.3 Å². The van der Waals surface area contributed by atoms with Crippen LogP contribution in [0.5, 0.6) is 0 Å². The van der Waals surface area contributed by atoms with E-state index in [9.17, 15) is 9.59 Å². The summed E-state index contributed by atoms with van der Waals surface area (Å²) in [6, 6.07) is 9.10. The lowest BCUT2D eigenvalue weighted by Crippen LogP contribution is -2.33. The average molecular weight is 340 g/mol. The Morgan fingerprint density at radius 2 is 2.12 bits per heavy atom. The molecule has 0 radical (unpaired) electrons. The van der Waals surface area contributed by atoms with Gasteiger partial charge >= 0.3 is 0 Å². The van der Waals surface area contributed by atoms with Crippen LogP contribution >= 0.6 is 0 Å². The minimum absolute atomic E-state index is 0.00827. The van der Waals surface area contributed by atoms with E-state index in [4.69, 9.17) is 4.74 Å². The van der Waals surface area contributed by atoms with E-state index in [1.165, 1.54) is 7.11 Å². The number of hydrogen-bond donors (Lipinski definition) is 1. The van der Waals surface area contributed by atoms with Gasteiger partial charge in [0.25, 0.3) is 0 Å². The minimum atomic E-state index is -0.369. The maximum absolute atomic E-state index is 12.8. The fourth-order valence-electron chi connectivity index (χ4n) is 3.08. The number of likely N-dealkylation sites (tertiary alicyclic amines) is 1. The highest BCUT2D eigenvalue weighted by atomic mass is 16.5. The Balaban J connectivity index is 1.80. The van der Waals surface area contributed by atoms with Gasteiger partial charge in [0.05, 0.1) is 5.92 Å². The van der Waals surface area contributed by atoms with Gasteiger partial charge in [-0.15, -0.1) is 0 Å². The normalized spacial score (nSPS) is 19.6. The van der Waals surface area contributed by atoms with Crippen molar-refractivity contribution < 1.29 is 14.3 Å². The summed E-state index contributed by atoms with van der Waals surface area (Å²) in [7, 11) is 1.48. The second-order valence-electron chi connectivity index (χ2n) is 5.94. The smallest absolute Gasteiger partial charge is 0.248 e. The molecule has 1 aliphatic rings. The minimum Gasteiger partial charge on any atom is -0.375 e. The van der Waals surface area contributed by atoms with Gasteiger partial charge in [0, 0.05) is 44.7 Å². The van der Waals surface area contributed by atoms with Gasteiger partial charge in [-0.25, -0.2) is 4.98 Å². The van der Waals surface area contributed by atoms with Gasteiger partial charge < -0.3 is 15.0 Å². The van der Waals surface area contributed by atoms with E-state index in [-0.39, 0.29) is 30.3 Å². The van der Waals surface area contributed by atoms with Crippen LogP contribution in [0.4, 0.5) is 5.82 Å². The van der Waals surface area contributed by atoms with Crippen LogP contribution in [0.25, 0.3) is 0 Å². The number of carbonyl (C=O) groups is 2. The van der Waals surface area contributed by atoms with Crippen molar-refractivity contribution >= 4 is 17.6 Å². The number of amides is 2. The first-order valence-corrected chi connectivity index (χ1v) is 8.07. The van der Waals surface area contributed by atoms with E-state index in [2.05, 4.69) is 15.3 Å². The highest BCUT2D eigenvalue weighted by molar-refractivity contribution is 5.93. The van der Waals surface area contributed by atoms with Crippen molar-refractivity contribution in [2.75, 3.05) is 32.1 Å². The molecular weight excluding hydrogens is 320 g/mol. The summed E-state index contributed by atoms with van der Waals surface area (Å²) in [5.74, 6) is -0.255. The molecule has 1 unspecified atom stereocenters. The van der Waals surface area contributed by atoms with Gasteiger partial charge in [-0.05, 0) is 23.8 Å². The fraction of sp³-hybridized carbons (Fsp3) is 0.333. The highest BCUT2D eigenvalue weighted by Gasteiger charge is 2.40. The zero-order valence-electron chi connectivity index (χ0n) is 14.0. The van der Waals surface area contributed by atoms with Gasteiger partial charge in [0.2, 0.25) is 11.8 Å². The Labute approximate surface area is 146 Å². The number of carbonyl (C=O) groups excluding carboxylic acids is 2. The Hall–Kier alpha value is -2.80. The van der Waals surface area contributed by atoms with Crippen LogP contribution in [0.15, 0.2) is 48.9 Å². The lowest BCUT2D eigenvalue weighted by molar-refractivity contribution is -0.134. The third-order valence-corrected chi connectivity index (χ3v) is 4.31. The van der Waals surface area contributed by atoms with E-state index in [1.807, 2.05) is 18.2 Å². The molecule has 2 aromatic rings. The summed E-state index contributed by atoms with van der Waals surface area (Å²) in [6.07, 6.45) is 5.06. The molecule has 1 N–H and O–H groups in total. The van der Waals surface area contributed by atoms with E-state index >= 15 is 0 Å². The maximum Gasteiger partial charge on any atom is 0.248 e. The zero-order valence-corrected chi connectivity index (χ0v) is 14.0. The molecular formula is C18H20N4O3. The highest BCUT2D eigenvalue weighted by Crippen LogP contribution is 2.33. The molecule has 3 rings (SSSR count). The van der Waals surface area contributed by atoms with Gasteiger partial charge in [0.15, 0.2) is 0 Å². The standard InChI is InChI=1S/C18H20N4O3/c1-25-12-17(23)22-10-14(13-5-4-7-19-9-13)15(11-22)18(24)21-16-6-2-3-8-20-16/h2-9,14-15H,10-12H2,1H3,(H,20,21,24)/t14-,15?/m0/s1. The van der Waals surface area contributed by atoms with E-state index < -0.39 is 0 Å². The first kappa shape index (κ1) is 17.0. The van der Waals surface area contributed by atoms with Crippen molar-refractivity contribution in [1.82, 2.24) is 14.9 Å². The number of ether oxygens (including phenoxy) is 1. The summed E-state index contributed by atoms with van der Waals surface area (Å²) in [5, 5.41) is 2.84. The molecule has 1 aliphatic heterocycles. The molecule has 2 atom stereocenters. The Morgan fingerprint density at radius 1 is 1.24 bits per heavy atom. The number of methoxy groups -OCH3 is 1. The van der Waals surface area contributed by atoms with E-state index in [1.54, 1.807) is 35.6 Å². The van der Waals surface area contributed by atoms with E-state index in [0.29, 0.717) is 18.9 Å². The van der Waals surface area contributed by atoms with Crippen LogP contribution < -0.4 is 5.32 Å². The third-order valence-electron chi connectivity index (χ3n) is 4.31. The second-order valence-corrected chi connectivity index (χ2v) is 5.94. The van der Waals surface area contributed by atoms with Crippen LogP contribution in [0.3, 0.4) is 0 Å². The predicted octanol–water partition coefficient (Wildman–Crippen LogP) is 1.30. The molecule has 7 heteroatoms. The largest absolute Gasteiger partial charge is 0.375 e. The third kappa shape index (κ3) is 4.00. The quantitative estimate of drug-likeness (QED) is 0.887. The summed E-state index contributed by atoms with van der Waals surface area (Å²) >= 11 is 0. The molecule has 0 bridgehead atoms. The molecule has 0 aliphatic carbocycles. The van der Waals surface area contributed by atoms with Crippen LogP contribution in [0, 0.1) is 5.92 Å².